The second-order valence-corrected chi connectivity index (χ2v) is 4.37. The van der Waals surface area contributed by atoms with Crippen molar-refractivity contribution in [3.63, 3.8) is 0 Å². The van der Waals surface area contributed by atoms with Crippen LogP contribution in [0.25, 0.3) is 0 Å². The SMILES string of the molecule is CCCn1ccnc(NC(C)C(C)CO)c1=O. The van der Waals surface area contributed by atoms with Crippen LogP contribution in [0.2, 0.25) is 0 Å². The summed E-state index contributed by atoms with van der Waals surface area (Å²) in [4.78, 5) is 16.0. The number of nitrogens with zero attached hydrogens (tertiary/aromatic N) is 2. The van der Waals surface area contributed by atoms with Crippen LogP contribution >= 0.6 is 0 Å². The highest BCUT2D eigenvalue weighted by Gasteiger charge is 2.13. The normalized spacial score (nSPS) is 14.4. The summed E-state index contributed by atoms with van der Waals surface area (Å²) in [7, 11) is 0. The van der Waals surface area contributed by atoms with E-state index in [1.807, 2.05) is 20.8 Å². The van der Waals surface area contributed by atoms with Crippen molar-refractivity contribution in [1.29, 1.82) is 0 Å². The van der Waals surface area contributed by atoms with Gasteiger partial charge in [0.25, 0.3) is 5.56 Å². The second-order valence-electron chi connectivity index (χ2n) is 4.37. The quantitative estimate of drug-likeness (QED) is 0.779. The Balaban J connectivity index is 2.85. The number of anilines is 1. The third-order valence-electron chi connectivity index (χ3n) is 2.88. The molecule has 5 nitrogen and oxygen atoms in total. The zero-order valence-corrected chi connectivity index (χ0v) is 10.7. The molecular weight excluding hydrogens is 218 g/mol. The first-order valence-electron chi connectivity index (χ1n) is 6.03. The number of aromatic nitrogens is 2. The van der Waals surface area contributed by atoms with E-state index in [1.54, 1.807) is 17.0 Å². The Morgan fingerprint density at radius 1 is 1.53 bits per heavy atom. The lowest BCUT2D eigenvalue weighted by Crippen LogP contribution is -2.32. The van der Waals surface area contributed by atoms with Crippen LogP contribution in [0.4, 0.5) is 5.82 Å². The van der Waals surface area contributed by atoms with E-state index in [2.05, 4.69) is 10.3 Å². The van der Waals surface area contributed by atoms with Crippen molar-refractivity contribution in [3.05, 3.63) is 22.7 Å². The lowest BCUT2D eigenvalue weighted by Gasteiger charge is -2.19. The molecule has 1 rings (SSSR count). The van der Waals surface area contributed by atoms with E-state index in [9.17, 15) is 4.79 Å². The lowest BCUT2D eigenvalue weighted by molar-refractivity contribution is 0.226. The van der Waals surface area contributed by atoms with Crippen LogP contribution in [0.1, 0.15) is 27.2 Å². The van der Waals surface area contributed by atoms with E-state index in [0.717, 1.165) is 6.42 Å². The van der Waals surface area contributed by atoms with Gasteiger partial charge in [-0.3, -0.25) is 4.79 Å². The van der Waals surface area contributed by atoms with Gasteiger partial charge in [0.05, 0.1) is 0 Å². The van der Waals surface area contributed by atoms with E-state index >= 15 is 0 Å². The number of aliphatic hydroxyl groups is 1. The van der Waals surface area contributed by atoms with Gasteiger partial charge in [-0.15, -0.1) is 0 Å². The largest absolute Gasteiger partial charge is 0.396 e. The Kier molecular flexibility index (Phi) is 5.15. The van der Waals surface area contributed by atoms with E-state index in [1.165, 1.54) is 0 Å². The molecule has 0 saturated carbocycles. The van der Waals surface area contributed by atoms with E-state index in [4.69, 9.17) is 5.11 Å². The van der Waals surface area contributed by atoms with Gasteiger partial charge >= 0.3 is 0 Å². The zero-order chi connectivity index (χ0) is 12.8. The van der Waals surface area contributed by atoms with Gasteiger partial charge in [0, 0.05) is 31.6 Å². The average molecular weight is 239 g/mol. The smallest absolute Gasteiger partial charge is 0.293 e. The monoisotopic (exact) mass is 239 g/mol. The molecule has 2 unspecified atom stereocenters. The number of hydrogen-bond acceptors (Lipinski definition) is 4. The molecule has 0 aliphatic rings. The summed E-state index contributed by atoms with van der Waals surface area (Å²) >= 11 is 0. The van der Waals surface area contributed by atoms with Crippen molar-refractivity contribution in [3.8, 4) is 0 Å². The van der Waals surface area contributed by atoms with Crippen molar-refractivity contribution >= 4 is 5.82 Å². The fraction of sp³-hybridized carbons (Fsp3) is 0.667. The van der Waals surface area contributed by atoms with E-state index in [0.29, 0.717) is 12.4 Å². The summed E-state index contributed by atoms with van der Waals surface area (Å²) in [6.45, 7) is 6.66. The topological polar surface area (TPSA) is 67.2 Å². The molecule has 2 N–H and O–H groups in total. The number of nitrogens with one attached hydrogen (secondary N) is 1. The standard InChI is InChI=1S/C12H21N3O2/c1-4-6-15-7-5-13-11(12(15)17)14-10(3)9(2)8-16/h5,7,9-10,16H,4,6,8H2,1-3H3,(H,13,14). The molecule has 2 atom stereocenters. The summed E-state index contributed by atoms with van der Waals surface area (Å²) in [6, 6.07) is 0.0117. The van der Waals surface area contributed by atoms with Crippen LogP contribution < -0.4 is 10.9 Å². The molecule has 0 saturated heterocycles. The molecule has 0 aliphatic heterocycles. The first-order valence-corrected chi connectivity index (χ1v) is 6.03. The minimum Gasteiger partial charge on any atom is -0.396 e. The Hall–Kier alpha value is -1.36. The van der Waals surface area contributed by atoms with Crippen LogP contribution in [0.3, 0.4) is 0 Å². The maximum absolute atomic E-state index is 12.0. The predicted octanol–water partition coefficient (Wildman–Crippen LogP) is 1.08. The molecule has 1 heterocycles. The summed E-state index contributed by atoms with van der Waals surface area (Å²) in [5, 5.41) is 12.1. The van der Waals surface area contributed by atoms with Gasteiger partial charge in [-0.05, 0) is 19.3 Å². The van der Waals surface area contributed by atoms with Crippen LogP contribution in [0.5, 0.6) is 0 Å². The van der Waals surface area contributed by atoms with Gasteiger partial charge in [-0.2, -0.15) is 0 Å². The predicted molar refractivity (Wildman–Crippen MR) is 68.1 cm³/mol. The highest BCUT2D eigenvalue weighted by Crippen LogP contribution is 2.06. The Labute approximate surface area is 102 Å². The molecule has 5 heteroatoms. The van der Waals surface area contributed by atoms with Crippen LogP contribution in [-0.4, -0.2) is 27.3 Å². The third kappa shape index (κ3) is 3.56. The van der Waals surface area contributed by atoms with Crippen LogP contribution in [-0.2, 0) is 6.54 Å². The summed E-state index contributed by atoms with van der Waals surface area (Å²) in [5.41, 5.74) is -0.105. The molecule has 0 aromatic carbocycles. The maximum atomic E-state index is 12.0. The van der Waals surface area contributed by atoms with Gasteiger partial charge in [0.1, 0.15) is 0 Å². The lowest BCUT2D eigenvalue weighted by atomic mass is 10.1. The minimum absolute atomic E-state index is 0.0117. The maximum Gasteiger partial charge on any atom is 0.293 e. The molecule has 0 bridgehead atoms. The third-order valence-corrected chi connectivity index (χ3v) is 2.88. The molecule has 96 valence electrons. The second kappa shape index (κ2) is 6.39. The van der Waals surface area contributed by atoms with Crippen molar-refractivity contribution in [2.24, 2.45) is 5.92 Å². The van der Waals surface area contributed by atoms with Crippen molar-refractivity contribution in [2.75, 3.05) is 11.9 Å². The zero-order valence-electron chi connectivity index (χ0n) is 10.7. The summed E-state index contributed by atoms with van der Waals surface area (Å²) in [5.74, 6) is 0.435. The summed E-state index contributed by atoms with van der Waals surface area (Å²) < 4.78 is 1.64. The van der Waals surface area contributed by atoms with Gasteiger partial charge < -0.3 is 15.0 Å². The Bertz CT molecular complexity index is 403. The number of hydrogen-bond donors (Lipinski definition) is 2. The molecule has 0 spiro atoms. The van der Waals surface area contributed by atoms with Crippen molar-refractivity contribution < 1.29 is 5.11 Å². The number of aryl methyl sites for hydroxylation is 1. The van der Waals surface area contributed by atoms with Gasteiger partial charge in [0.15, 0.2) is 5.82 Å². The molecule has 0 radical (unpaired) electrons. The van der Waals surface area contributed by atoms with Gasteiger partial charge in [0.2, 0.25) is 0 Å². The summed E-state index contributed by atoms with van der Waals surface area (Å²) in [6.07, 6.45) is 4.22. The first-order chi connectivity index (χ1) is 8.10. The highest BCUT2D eigenvalue weighted by molar-refractivity contribution is 5.32. The Morgan fingerprint density at radius 2 is 2.24 bits per heavy atom. The number of rotatable bonds is 6. The minimum atomic E-state index is -0.105. The fourth-order valence-corrected chi connectivity index (χ4v) is 1.48. The number of aliphatic hydroxyl groups excluding tert-OH is 1. The molecule has 17 heavy (non-hydrogen) atoms. The average Bonchev–Trinajstić information content (AvgIpc) is 2.33. The van der Waals surface area contributed by atoms with Crippen molar-refractivity contribution in [2.45, 2.75) is 39.8 Å². The molecule has 0 amide bonds. The van der Waals surface area contributed by atoms with E-state index < -0.39 is 0 Å². The van der Waals surface area contributed by atoms with Gasteiger partial charge in [-0.1, -0.05) is 13.8 Å². The van der Waals surface area contributed by atoms with Crippen LogP contribution in [0, 0.1) is 5.92 Å². The molecular formula is C12H21N3O2. The van der Waals surface area contributed by atoms with E-state index in [-0.39, 0.29) is 24.1 Å². The fourth-order valence-electron chi connectivity index (χ4n) is 1.48. The molecule has 0 fully saturated rings. The van der Waals surface area contributed by atoms with Crippen molar-refractivity contribution in [1.82, 2.24) is 9.55 Å². The van der Waals surface area contributed by atoms with Crippen LogP contribution in [0.15, 0.2) is 17.2 Å². The first kappa shape index (κ1) is 13.7. The Morgan fingerprint density at radius 3 is 2.82 bits per heavy atom. The highest BCUT2D eigenvalue weighted by atomic mass is 16.3. The molecule has 0 aliphatic carbocycles. The molecule has 1 aromatic heterocycles. The molecule has 1 aromatic rings. The van der Waals surface area contributed by atoms with Gasteiger partial charge in [-0.25, -0.2) is 4.98 Å².